The third-order valence-corrected chi connectivity index (χ3v) is 3.71. The highest BCUT2D eigenvalue weighted by Crippen LogP contribution is 2.35. The molecule has 1 atom stereocenters. The molecule has 1 aromatic heterocycles. The van der Waals surface area contributed by atoms with Gasteiger partial charge < -0.3 is 10.1 Å². The van der Waals surface area contributed by atoms with E-state index in [0.717, 1.165) is 18.0 Å². The molecule has 82 valence electrons. The van der Waals surface area contributed by atoms with Gasteiger partial charge in [0.25, 0.3) is 0 Å². The quantitative estimate of drug-likeness (QED) is 0.809. The predicted octanol–water partition coefficient (Wildman–Crippen LogP) is 3.60. The largest absolute Gasteiger partial charge is 0.481 e. The lowest BCUT2D eigenvalue weighted by atomic mass is 10.1. The minimum Gasteiger partial charge on any atom is -0.481 e. The highest BCUT2D eigenvalue weighted by Gasteiger charge is 2.21. The van der Waals surface area contributed by atoms with E-state index in [0.29, 0.717) is 0 Å². The topological polar surface area (TPSA) is 21.3 Å². The fraction of sp³-hybridized carbons (Fsp3) is 0.231. The number of ether oxygens (including phenoxy) is 1. The SMILES string of the molecule is Cc1ccc2c(c1)NCC(c1cccs1)O2. The summed E-state index contributed by atoms with van der Waals surface area (Å²) in [6, 6.07) is 10.4. The van der Waals surface area contributed by atoms with E-state index >= 15 is 0 Å². The van der Waals surface area contributed by atoms with E-state index in [9.17, 15) is 0 Å². The van der Waals surface area contributed by atoms with Crippen molar-refractivity contribution in [1.29, 1.82) is 0 Å². The summed E-state index contributed by atoms with van der Waals surface area (Å²) in [4.78, 5) is 1.28. The maximum atomic E-state index is 5.98. The van der Waals surface area contributed by atoms with Crippen LogP contribution in [0.15, 0.2) is 35.7 Å². The fourth-order valence-electron chi connectivity index (χ4n) is 1.92. The first-order chi connectivity index (χ1) is 7.83. The van der Waals surface area contributed by atoms with Gasteiger partial charge in [0.15, 0.2) is 6.10 Å². The number of rotatable bonds is 1. The molecule has 0 saturated heterocycles. The number of aryl methyl sites for hydroxylation is 1. The van der Waals surface area contributed by atoms with Crippen molar-refractivity contribution in [2.24, 2.45) is 0 Å². The van der Waals surface area contributed by atoms with Crippen LogP contribution in [0.5, 0.6) is 5.75 Å². The first kappa shape index (κ1) is 9.73. The monoisotopic (exact) mass is 231 g/mol. The number of thiophene rings is 1. The van der Waals surface area contributed by atoms with E-state index in [1.807, 2.05) is 6.07 Å². The van der Waals surface area contributed by atoms with Crippen molar-refractivity contribution >= 4 is 17.0 Å². The van der Waals surface area contributed by atoms with E-state index in [-0.39, 0.29) is 6.10 Å². The molecule has 0 fully saturated rings. The van der Waals surface area contributed by atoms with Crippen LogP contribution in [0, 0.1) is 6.92 Å². The van der Waals surface area contributed by atoms with Crippen molar-refractivity contribution < 1.29 is 4.74 Å². The van der Waals surface area contributed by atoms with Crippen LogP contribution in [0.3, 0.4) is 0 Å². The lowest BCUT2D eigenvalue weighted by molar-refractivity contribution is 0.214. The van der Waals surface area contributed by atoms with E-state index in [1.165, 1.54) is 10.4 Å². The number of anilines is 1. The summed E-state index contributed by atoms with van der Waals surface area (Å²) in [6.07, 6.45) is 0.148. The first-order valence-electron chi connectivity index (χ1n) is 5.37. The second-order valence-corrected chi connectivity index (χ2v) is 4.98. The van der Waals surface area contributed by atoms with Crippen LogP contribution < -0.4 is 10.1 Å². The average molecular weight is 231 g/mol. The van der Waals surface area contributed by atoms with Crippen LogP contribution in [0.25, 0.3) is 0 Å². The molecule has 1 N–H and O–H groups in total. The second-order valence-electron chi connectivity index (χ2n) is 4.00. The zero-order valence-electron chi connectivity index (χ0n) is 9.07. The van der Waals surface area contributed by atoms with Crippen LogP contribution in [-0.4, -0.2) is 6.54 Å². The van der Waals surface area contributed by atoms with Crippen LogP contribution in [0.4, 0.5) is 5.69 Å². The van der Waals surface area contributed by atoms with Crippen LogP contribution in [0.1, 0.15) is 16.5 Å². The smallest absolute Gasteiger partial charge is 0.150 e. The zero-order valence-corrected chi connectivity index (χ0v) is 9.88. The van der Waals surface area contributed by atoms with Gasteiger partial charge in [-0.15, -0.1) is 11.3 Å². The van der Waals surface area contributed by atoms with E-state index in [1.54, 1.807) is 11.3 Å². The molecule has 2 heterocycles. The molecule has 2 nitrogen and oxygen atoms in total. The third-order valence-electron chi connectivity index (χ3n) is 2.74. The minimum absolute atomic E-state index is 0.148. The highest BCUT2D eigenvalue weighted by atomic mass is 32.1. The number of hydrogen-bond acceptors (Lipinski definition) is 3. The Balaban J connectivity index is 1.89. The Kier molecular flexibility index (Phi) is 2.33. The summed E-state index contributed by atoms with van der Waals surface area (Å²) in [5.41, 5.74) is 2.36. The zero-order chi connectivity index (χ0) is 11.0. The summed E-state index contributed by atoms with van der Waals surface area (Å²) in [5, 5.41) is 5.51. The van der Waals surface area contributed by atoms with Crippen molar-refractivity contribution in [3.63, 3.8) is 0 Å². The van der Waals surface area contributed by atoms with Gasteiger partial charge in [-0.1, -0.05) is 12.1 Å². The third kappa shape index (κ3) is 1.67. The van der Waals surface area contributed by atoms with Crippen molar-refractivity contribution in [2.75, 3.05) is 11.9 Å². The number of nitrogens with one attached hydrogen (secondary N) is 1. The lowest BCUT2D eigenvalue weighted by Crippen LogP contribution is -2.22. The molecule has 0 radical (unpaired) electrons. The van der Waals surface area contributed by atoms with Gasteiger partial charge in [-0.2, -0.15) is 0 Å². The van der Waals surface area contributed by atoms with Crippen molar-refractivity contribution in [2.45, 2.75) is 13.0 Å². The molecule has 2 aromatic rings. The van der Waals surface area contributed by atoms with E-state index in [4.69, 9.17) is 4.74 Å². The minimum atomic E-state index is 0.148. The normalized spacial score (nSPS) is 18.4. The highest BCUT2D eigenvalue weighted by molar-refractivity contribution is 7.10. The van der Waals surface area contributed by atoms with Gasteiger partial charge in [-0.05, 0) is 36.1 Å². The van der Waals surface area contributed by atoms with Gasteiger partial charge in [0.1, 0.15) is 5.75 Å². The molecule has 0 spiro atoms. The number of benzene rings is 1. The Morgan fingerprint density at radius 3 is 3.12 bits per heavy atom. The Morgan fingerprint density at radius 2 is 2.31 bits per heavy atom. The van der Waals surface area contributed by atoms with Crippen molar-refractivity contribution in [1.82, 2.24) is 0 Å². The van der Waals surface area contributed by atoms with Gasteiger partial charge in [-0.3, -0.25) is 0 Å². The molecule has 0 saturated carbocycles. The predicted molar refractivity (Wildman–Crippen MR) is 67.4 cm³/mol. The molecule has 16 heavy (non-hydrogen) atoms. The molecule has 1 unspecified atom stereocenters. The Bertz CT molecular complexity index is 493. The Labute approximate surface area is 98.9 Å². The van der Waals surface area contributed by atoms with Crippen LogP contribution in [-0.2, 0) is 0 Å². The molecular weight excluding hydrogens is 218 g/mol. The summed E-state index contributed by atoms with van der Waals surface area (Å²) >= 11 is 1.74. The maximum absolute atomic E-state index is 5.98. The Morgan fingerprint density at radius 1 is 1.38 bits per heavy atom. The van der Waals surface area contributed by atoms with Gasteiger partial charge in [0.05, 0.1) is 12.2 Å². The summed E-state index contributed by atoms with van der Waals surface area (Å²) < 4.78 is 5.98. The van der Waals surface area contributed by atoms with Crippen LogP contribution in [0.2, 0.25) is 0 Å². The number of fused-ring (bicyclic) bond motifs is 1. The average Bonchev–Trinajstić information content (AvgIpc) is 2.82. The van der Waals surface area contributed by atoms with E-state index < -0.39 is 0 Å². The summed E-state index contributed by atoms with van der Waals surface area (Å²) in [5.74, 6) is 0.954. The van der Waals surface area contributed by atoms with E-state index in [2.05, 4.69) is 41.9 Å². The molecule has 3 heteroatoms. The molecule has 1 aliphatic rings. The second kappa shape index (κ2) is 3.83. The van der Waals surface area contributed by atoms with Gasteiger partial charge in [0, 0.05) is 4.88 Å². The van der Waals surface area contributed by atoms with Gasteiger partial charge in [0.2, 0.25) is 0 Å². The van der Waals surface area contributed by atoms with Gasteiger partial charge in [-0.25, -0.2) is 0 Å². The van der Waals surface area contributed by atoms with Crippen molar-refractivity contribution in [3.8, 4) is 5.75 Å². The molecule has 3 rings (SSSR count). The molecule has 0 bridgehead atoms. The molecular formula is C13H13NOS. The summed E-state index contributed by atoms with van der Waals surface area (Å²) in [7, 11) is 0. The number of hydrogen-bond donors (Lipinski definition) is 1. The Hall–Kier alpha value is -1.48. The molecule has 1 aromatic carbocycles. The molecule has 0 aliphatic carbocycles. The maximum Gasteiger partial charge on any atom is 0.150 e. The fourth-order valence-corrected chi connectivity index (χ4v) is 2.67. The molecule has 0 amide bonds. The lowest BCUT2D eigenvalue weighted by Gasteiger charge is -2.26. The molecule has 1 aliphatic heterocycles. The van der Waals surface area contributed by atoms with Crippen LogP contribution >= 0.6 is 11.3 Å². The van der Waals surface area contributed by atoms with Gasteiger partial charge >= 0.3 is 0 Å². The standard InChI is InChI=1S/C13H13NOS/c1-9-4-5-11-10(7-9)14-8-12(15-11)13-3-2-6-16-13/h2-7,12,14H,8H2,1H3. The summed E-state index contributed by atoms with van der Waals surface area (Å²) in [6.45, 7) is 2.93. The van der Waals surface area contributed by atoms with Crippen molar-refractivity contribution in [3.05, 3.63) is 46.2 Å². The first-order valence-corrected chi connectivity index (χ1v) is 6.25.